The predicted octanol–water partition coefficient (Wildman–Crippen LogP) is 0.779. The maximum atomic E-state index is 12.2. The number of carbonyl (C=O) groups excluding carboxylic acids is 1. The van der Waals surface area contributed by atoms with Crippen molar-refractivity contribution in [2.45, 2.75) is 25.8 Å². The van der Waals surface area contributed by atoms with Gasteiger partial charge in [-0.05, 0) is 29.9 Å². The molecule has 1 aliphatic heterocycles. The Bertz CT molecular complexity index is 535. The van der Waals surface area contributed by atoms with Gasteiger partial charge in [-0.25, -0.2) is 0 Å². The number of nitrogens with one attached hydrogen (secondary N) is 1. The minimum absolute atomic E-state index is 0.0652. The van der Waals surface area contributed by atoms with Crippen molar-refractivity contribution in [3.63, 3.8) is 0 Å². The molecule has 0 aromatic carbocycles. The first kappa shape index (κ1) is 11.3. The number of amides is 1. The van der Waals surface area contributed by atoms with E-state index < -0.39 is 0 Å². The fourth-order valence-electron chi connectivity index (χ4n) is 2.16. The molecule has 7 heteroatoms. The summed E-state index contributed by atoms with van der Waals surface area (Å²) in [4.78, 5) is 15.4. The highest BCUT2D eigenvalue weighted by Crippen LogP contribution is 2.23. The van der Waals surface area contributed by atoms with Gasteiger partial charge in [0, 0.05) is 18.0 Å². The Morgan fingerprint density at radius 2 is 2.50 bits per heavy atom. The quantitative estimate of drug-likeness (QED) is 0.868. The number of fused-ring (bicyclic) bond motifs is 1. The highest BCUT2D eigenvalue weighted by atomic mass is 32.1. The van der Waals surface area contributed by atoms with E-state index in [-0.39, 0.29) is 12.3 Å². The van der Waals surface area contributed by atoms with E-state index in [0.29, 0.717) is 12.4 Å². The van der Waals surface area contributed by atoms with Crippen LogP contribution in [0.1, 0.15) is 22.7 Å². The minimum atomic E-state index is 0.0652. The van der Waals surface area contributed by atoms with E-state index in [0.717, 1.165) is 19.4 Å². The van der Waals surface area contributed by atoms with Gasteiger partial charge in [-0.2, -0.15) is 5.21 Å². The number of thiophene rings is 1. The van der Waals surface area contributed by atoms with Crippen molar-refractivity contribution in [1.82, 2.24) is 25.5 Å². The molecule has 3 rings (SSSR count). The second-order valence-electron chi connectivity index (χ2n) is 4.29. The van der Waals surface area contributed by atoms with Crippen LogP contribution in [0.15, 0.2) is 11.4 Å². The molecule has 18 heavy (non-hydrogen) atoms. The van der Waals surface area contributed by atoms with Crippen molar-refractivity contribution < 1.29 is 4.79 Å². The molecule has 94 valence electrons. The summed E-state index contributed by atoms with van der Waals surface area (Å²) in [7, 11) is 0. The summed E-state index contributed by atoms with van der Waals surface area (Å²) in [5.74, 6) is 0.519. The summed E-state index contributed by atoms with van der Waals surface area (Å²) in [5, 5.41) is 15.6. The zero-order valence-corrected chi connectivity index (χ0v) is 10.6. The molecule has 6 nitrogen and oxygen atoms in total. The molecule has 0 unspecified atom stereocenters. The summed E-state index contributed by atoms with van der Waals surface area (Å²) in [6, 6.07) is 2.11. The number of hydrogen-bond donors (Lipinski definition) is 1. The highest BCUT2D eigenvalue weighted by molar-refractivity contribution is 7.10. The molecule has 1 N–H and O–H groups in total. The van der Waals surface area contributed by atoms with Crippen molar-refractivity contribution >= 4 is 17.2 Å². The summed E-state index contributed by atoms with van der Waals surface area (Å²) < 4.78 is 0. The molecular weight excluding hydrogens is 250 g/mol. The molecule has 0 saturated carbocycles. The molecule has 3 heterocycles. The molecule has 0 bridgehead atoms. The topological polar surface area (TPSA) is 74.8 Å². The number of aromatic amines is 1. The molecule has 2 aromatic rings. The van der Waals surface area contributed by atoms with Crippen LogP contribution in [0.4, 0.5) is 0 Å². The van der Waals surface area contributed by atoms with Gasteiger partial charge in [-0.1, -0.05) is 5.21 Å². The monoisotopic (exact) mass is 263 g/mol. The maximum absolute atomic E-state index is 12.2. The Labute approximate surface area is 108 Å². The Morgan fingerprint density at radius 3 is 3.33 bits per heavy atom. The van der Waals surface area contributed by atoms with Crippen molar-refractivity contribution in [3.05, 3.63) is 27.7 Å². The second-order valence-corrected chi connectivity index (χ2v) is 5.29. The van der Waals surface area contributed by atoms with Crippen LogP contribution in [0.3, 0.4) is 0 Å². The lowest BCUT2D eigenvalue weighted by Gasteiger charge is -2.19. The average molecular weight is 263 g/mol. The van der Waals surface area contributed by atoms with E-state index in [2.05, 4.69) is 32.1 Å². The van der Waals surface area contributed by atoms with Gasteiger partial charge in [0.1, 0.15) is 0 Å². The van der Waals surface area contributed by atoms with Crippen LogP contribution in [0.25, 0.3) is 0 Å². The van der Waals surface area contributed by atoms with Crippen LogP contribution in [0.5, 0.6) is 0 Å². The highest BCUT2D eigenvalue weighted by Gasteiger charge is 2.20. The van der Waals surface area contributed by atoms with Crippen LogP contribution in [0, 0.1) is 0 Å². The fraction of sp³-hybridized carbons (Fsp3) is 0.455. The Kier molecular flexibility index (Phi) is 3.06. The first-order valence-electron chi connectivity index (χ1n) is 5.88. The van der Waals surface area contributed by atoms with Gasteiger partial charge in [0.2, 0.25) is 5.91 Å². The third-order valence-corrected chi connectivity index (χ3v) is 4.11. The predicted molar refractivity (Wildman–Crippen MR) is 65.9 cm³/mol. The molecule has 0 radical (unpaired) electrons. The number of rotatable bonds is 2. The Hall–Kier alpha value is -1.76. The molecule has 1 aliphatic rings. The average Bonchev–Trinajstić information content (AvgIpc) is 2.97. The lowest BCUT2D eigenvalue weighted by Crippen LogP contribution is -2.32. The number of tetrazole rings is 1. The molecule has 1 amide bonds. The molecule has 0 atom stereocenters. The van der Waals surface area contributed by atoms with Crippen LogP contribution in [0.2, 0.25) is 0 Å². The smallest absolute Gasteiger partial charge is 0.230 e. The Balaban J connectivity index is 1.71. The van der Waals surface area contributed by atoms with Crippen LogP contribution in [-0.4, -0.2) is 38.0 Å². The first-order valence-corrected chi connectivity index (χ1v) is 6.76. The fourth-order valence-corrected chi connectivity index (χ4v) is 3.10. The molecule has 0 spiro atoms. The van der Waals surface area contributed by atoms with E-state index in [1.54, 1.807) is 11.3 Å². The van der Waals surface area contributed by atoms with E-state index in [1.165, 1.54) is 10.4 Å². The van der Waals surface area contributed by atoms with Gasteiger partial charge in [-0.3, -0.25) is 4.79 Å². The third-order valence-electron chi connectivity index (χ3n) is 3.08. The standard InChI is InChI=1S/C11H13N5OS/c17-11(6-10-12-14-15-13-10)16-4-1-2-9-8(7-16)3-5-18-9/h3,5H,1-2,4,6-7H2,(H,12,13,14,15). The SMILES string of the molecule is O=C(Cc1nn[nH]n1)N1CCCc2sccc2C1. The van der Waals surface area contributed by atoms with Gasteiger partial charge in [-0.15, -0.1) is 21.5 Å². The van der Waals surface area contributed by atoms with Crippen molar-refractivity contribution in [2.24, 2.45) is 0 Å². The number of hydrogen-bond acceptors (Lipinski definition) is 5. The van der Waals surface area contributed by atoms with Gasteiger partial charge in [0.15, 0.2) is 5.82 Å². The van der Waals surface area contributed by atoms with Crippen LogP contribution >= 0.6 is 11.3 Å². The summed E-state index contributed by atoms with van der Waals surface area (Å²) >= 11 is 1.78. The molecule has 0 fully saturated rings. The zero-order valence-electron chi connectivity index (χ0n) is 9.80. The summed E-state index contributed by atoms with van der Waals surface area (Å²) in [5.41, 5.74) is 1.28. The van der Waals surface area contributed by atoms with Crippen molar-refractivity contribution in [3.8, 4) is 0 Å². The largest absolute Gasteiger partial charge is 0.338 e. The molecule has 2 aromatic heterocycles. The van der Waals surface area contributed by atoms with E-state index in [1.807, 2.05) is 4.90 Å². The normalized spacial score (nSPS) is 15.2. The maximum Gasteiger partial charge on any atom is 0.230 e. The zero-order chi connectivity index (χ0) is 12.4. The van der Waals surface area contributed by atoms with Gasteiger partial charge in [0.25, 0.3) is 0 Å². The van der Waals surface area contributed by atoms with E-state index >= 15 is 0 Å². The second kappa shape index (κ2) is 4.85. The van der Waals surface area contributed by atoms with Crippen LogP contribution in [-0.2, 0) is 24.2 Å². The van der Waals surface area contributed by atoms with E-state index in [4.69, 9.17) is 0 Å². The molecular formula is C11H13N5OS. The summed E-state index contributed by atoms with van der Waals surface area (Å²) in [6.07, 6.45) is 2.31. The number of aromatic nitrogens is 4. The van der Waals surface area contributed by atoms with Crippen molar-refractivity contribution in [2.75, 3.05) is 6.54 Å². The first-order chi connectivity index (χ1) is 8.83. The van der Waals surface area contributed by atoms with Crippen molar-refractivity contribution in [1.29, 1.82) is 0 Å². The Morgan fingerprint density at radius 1 is 1.56 bits per heavy atom. The summed E-state index contributed by atoms with van der Waals surface area (Å²) in [6.45, 7) is 1.51. The van der Waals surface area contributed by atoms with Gasteiger partial charge < -0.3 is 4.90 Å². The number of H-pyrrole nitrogens is 1. The van der Waals surface area contributed by atoms with Gasteiger partial charge >= 0.3 is 0 Å². The minimum Gasteiger partial charge on any atom is -0.338 e. The number of aryl methyl sites for hydroxylation is 1. The molecule has 0 saturated heterocycles. The molecule has 0 aliphatic carbocycles. The number of carbonyl (C=O) groups is 1. The lowest BCUT2D eigenvalue weighted by molar-refractivity contribution is -0.131. The third kappa shape index (κ3) is 2.26. The van der Waals surface area contributed by atoms with Crippen LogP contribution < -0.4 is 0 Å². The number of nitrogens with zero attached hydrogens (tertiary/aromatic N) is 4. The van der Waals surface area contributed by atoms with Gasteiger partial charge in [0.05, 0.1) is 6.42 Å². The lowest BCUT2D eigenvalue weighted by atomic mass is 10.2. The van der Waals surface area contributed by atoms with E-state index in [9.17, 15) is 4.79 Å².